The first-order valence-electron chi connectivity index (χ1n) is 12.2. The van der Waals surface area contributed by atoms with Gasteiger partial charge >= 0.3 is 0 Å². The molecule has 0 fully saturated rings. The average Bonchev–Trinajstić information content (AvgIpc) is 3.54. The van der Waals surface area contributed by atoms with Crippen molar-refractivity contribution in [3.63, 3.8) is 0 Å². The Bertz CT molecular complexity index is 1500. The minimum Gasteiger partial charge on any atom is -0.497 e. The van der Waals surface area contributed by atoms with Crippen LogP contribution < -0.4 is 14.8 Å². The van der Waals surface area contributed by atoms with Gasteiger partial charge in [0.15, 0.2) is 0 Å². The molecule has 0 radical (unpaired) electrons. The maximum Gasteiger partial charge on any atom is 0.221 e. The number of aromatic amines is 1. The summed E-state index contributed by atoms with van der Waals surface area (Å²) in [5, 5.41) is 4.33. The lowest BCUT2D eigenvalue weighted by molar-refractivity contribution is -0.121. The van der Waals surface area contributed by atoms with Gasteiger partial charge in [0.2, 0.25) is 5.91 Å². The summed E-state index contributed by atoms with van der Waals surface area (Å²) < 4.78 is 12.6. The predicted molar refractivity (Wildman–Crippen MR) is 145 cm³/mol. The Hall–Kier alpha value is -4.52. The number of H-pyrrole nitrogens is 1. The molecule has 0 bridgehead atoms. The van der Waals surface area contributed by atoms with Gasteiger partial charge in [-0.25, -0.2) is 4.98 Å². The molecule has 5 rings (SSSR count). The quantitative estimate of drug-likeness (QED) is 0.287. The minimum atomic E-state index is -0.373. The van der Waals surface area contributed by atoms with E-state index in [0.717, 1.165) is 50.6 Å². The minimum absolute atomic E-state index is 0.0465. The number of nitrogens with zero attached hydrogens (tertiary/aromatic N) is 2. The lowest BCUT2D eigenvalue weighted by atomic mass is 10.0. The van der Waals surface area contributed by atoms with Crippen LogP contribution in [0.1, 0.15) is 29.4 Å². The first-order valence-corrected chi connectivity index (χ1v) is 12.2. The Kier molecular flexibility index (Phi) is 6.94. The number of ether oxygens (including phenoxy) is 2. The molecule has 0 saturated carbocycles. The van der Waals surface area contributed by atoms with Crippen molar-refractivity contribution in [1.82, 2.24) is 19.9 Å². The monoisotopic (exact) mass is 494 g/mol. The van der Waals surface area contributed by atoms with E-state index in [4.69, 9.17) is 9.47 Å². The molecule has 1 atom stereocenters. The summed E-state index contributed by atoms with van der Waals surface area (Å²) in [4.78, 5) is 21.4. The van der Waals surface area contributed by atoms with E-state index in [1.54, 1.807) is 20.4 Å². The van der Waals surface area contributed by atoms with Gasteiger partial charge in [0.1, 0.15) is 23.4 Å². The molecule has 0 aliphatic carbocycles. The Morgan fingerprint density at radius 1 is 0.973 bits per heavy atom. The molecule has 3 aromatic carbocycles. The molecular weight excluding hydrogens is 464 g/mol. The van der Waals surface area contributed by atoms with Crippen molar-refractivity contribution < 1.29 is 14.3 Å². The van der Waals surface area contributed by atoms with Crippen molar-refractivity contribution in [3.8, 4) is 22.8 Å². The van der Waals surface area contributed by atoms with Crippen LogP contribution in [0.3, 0.4) is 0 Å². The van der Waals surface area contributed by atoms with E-state index in [1.807, 2.05) is 78.5 Å². The number of hydrogen-bond donors (Lipinski definition) is 2. The number of amides is 1. The summed E-state index contributed by atoms with van der Waals surface area (Å²) in [6.45, 7) is 0. The molecule has 0 saturated heterocycles. The van der Waals surface area contributed by atoms with Crippen molar-refractivity contribution >= 4 is 16.8 Å². The topological polar surface area (TPSA) is 81.2 Å². The van der Waals surface area contributed by atoms with E-state index in [2.05, 4.69) is 27.4 Å². The van der Waals surface area contributed by atoms with E-state index < -0.39 is 0 Å². The lowest BCUT2D eigenvalue weighted by Crippen LogP contribution is -2.31. The third-order valence-electron chi connectivity index (χ3n) is 6.67. The van der Waals surface area contributed by atoms with Crippen LogP contribution in [-0.4, -0.2) is 34.7 Å². The van der Waals surface area contributed by atoms with Crippen LogP contribution in [0.25, 0.3) is 22.2 Å². The zero-order chi connectivity index (χ0) is 25.8. The highest BCUT2D eigenvalue weighted by Crippen LogP contribution is 2.32. The highest BCUT2D eigenvalue weighted by Gasteiger charge is 2.22. The zero-order valence-electron chi connectivity index (χ0n) is 21.2. The molecule has 1 amide bonds. The Morgan fingerprint density at radius 2 is 1.65 bits per heavy atom. The smallest absolute Gasteiger partial charge is 0.221 e. The number of fused-ring (bicyclic) bond motifs is 1. The fourth-order valence-electron chi connectivity index (χ4n) is 4.68. The summed E-state index contributed by atoms with van der Waals surface area (Å²) in [6, 6.07) is 23.5. The summed E-state index contributed by atoms with van der Waals surface area (Å²) in [5.41, 5.74) is 5.18. The van der Waals surface area contributed by atoms with Gasteiger partial charge in [-0.2, -0.15) is 0 Å². The van der Waals surface area contributed by atoms with Crippen LogP contribution in [0.5, 0.6) is 11.5 Å². The highest BCUT2D eigenvalue weighted by molar-refractivity contribution is 5.91. The molecule has 2 N–H and O–H groups in total. The first-order chi connectivity index (χ1) is 18.1. The van der Waals surface area contributed by atoms with Gasteiger partial charge in [-0.15, -0.1) is 0 Å². The second-order valence-corrected chi connectivity index (χ2v) is 8.92. The second kappa shape index (κ2) is 10.6. The molecule has 0 aliphatic rings. The van der Waals surface area contributed by atoms with E-state index in [9.17, 15) is 4.79 Å². The third-order valence-corrected chi connectivity index (χ3v) is 6.67. The Labute approximate surface area is 216 Å². The van der Waals surface area contributed by atoms with E-state index in [0.29, 0.717) is 12.8 Å². The van der Waals surface area contributed by atoms with Gasteiger partial charge in [0.05, 0.1) is 14.2 Å². The number of benzene rings is 3. The summed E-state index contributed by atoms with van der Waals surface area (Å²) in [5.74, 6) is 2.29. The Balaban J connectivity index is 1.40. The summed E-state index contributed by atoms with van der Waals surface area (Å²) in [7, 11) is 5.22. The number of methoxy groups -OCH3 is 2. The summed E-state index contributed by atoms with van der Waals surface area (Å²) in [6.07, 6.45) is 4.55. The molecule has 1 unspecified atom stereocenters. The number of carbonyl (C=O) groups excluding carboxylic acids is 1. The van der Waals surface area contributed by atoms with E-state index in [1.165, 1.54) is 0 Å². The average molecular weight is 495 g/mol. The molecule has 2 heterocycles. The van der Waals surface area contributed by atoms with Gasteiger partial charge in [-0.05, 0) is 65.6 Å². The van der Waals surface area contributed by atoms with Crippen molar-refractivity contribution in [1.29, 1.82) is 0 Å². The number of carbonyl (C=O) groups is 1. The number of aromatic nitrogens is 3. The molecule has 0 spiro atoms. The number of rotatable bonds is 9. The van der Waals surface area contributed by atoms with Crippen LogP contribution >= 0.6 is 0 Å². The number of nitrogens with one attached hydrogen (secondary N) is 2. The van der Waals surface area contributed by atoms with Crippen LogP contribution in [0.15, 0.2) is 85.2 Å². The van der Waals surface area contributed by atoms with Gasteiger partial charge in [-0.1, -0.05) is 30.3 Å². The molecule has 37 heavy (non-hydrogen) atoms. The first kappa shape index (κ1) is 24.2. The lowest BCUT2D eigenvalue weighted by Gasteiger charge is -2.19. The number of hydrogen-bond acceptors (Lipinski definition) is 4. The summed E-state index contributed by atoms with van der Waals surface area (Å²) >= 11 is 0. The largest absolute Gasteiger partial charge is 0.497 e. The maximum absolute atomic E-state index is 13.3. The number of para-hydroxylation sites is 1. The molecule has 7 nitrogen and oxygen atoms in total. The van der Waals surface area contributed by atoms with Crippen LogP contribution in [0, 0.1) is 0 Å². The van der Waals surface area contributed by atoms with Gasteiger partial charge in [0.25, 0.3) is 0 Å². The molecular formula is C30H30N4O3. The molecule has 7 heteroatoms. The van der Waals surface area contributed by atoms with E-state index >= 15 is 0 Å². The maximum atomic E-state index is 13.3. The third kappa shape index (κ3) is 5.07. The van der Waals surface area contributed by atoms with Gasteiger partial charge in [0, 0.05) is 42.5 Å². The fourth-order valence-corrected chi connectivity index (χ4v) is 4.68. The molecule has 2 aromatic heterocycles. The van der Waals surface area contributed by atoms with Gasteiger partial charge in [-0.3, -0.25) is 4.79 Å². The van der Waals surface area contributed by atoms with E-state index in [-0.39, 0.29) is 11.9 Å². The zero-order valence-corrected chi connectivity index (χ0v) is 21.2. The van der Waals surface area contributed by atoms with Crippen LogP contribution in [-0.2, 0) is 18.3 Å². The molecule has 188 valence electrons. The fraction of sp³-hybridized carbons (Fsp3) is 0.200. The van der Waals surface area contributed by atoms with Crippen LogP contribution in [0.4, 0.5) is 0 Å². The van der Waals surface area contributed by atoms with Gasteiger partial charge < -0.3 is 24.3 Å². The van der Waals surface area contributed by atoms with Crippen molar-refractivity contribution in [2.24, 2.45) is 7.05 Å². The molecule has 0 aliphatic heterocycles. The SMILES string of the molecule is COc1ccc(-c2[nH]c3ccccc3c2CCC(=O)NC(c2ccc(OC)cc2)c2nccn2C)cc1. The second-order valence-electron chi connectivity index (χ2n) is 8.92. The van der Waals surface area contributed by atoms with Crippen molar-refractivity contribution in [3.05, 3.63) is 102 Å². The van der Waals surface area contributed by atoms with Crippen molar-refractivity contribution in [2.75, 3.05) is 14.2 Å². The normalized spacial score (nSPS) is 11.9. The number of imidazole rings is 1. The number of aryl methyl sites for hydroxylation is 2. The van der Waals surface area contributed by atoms with Crippen molar-refractivity contribution in [2.45, 2.75) is 18.9 Å². The van der Waals surface area contributed by atoms with Crippen LogP contribution in [0.2, 0.25) is 0 Å². The predicted octanol–water partition coefficient (Wildman–Crippen LogP) is 5.42. The highest BCUT2D eigenvalue weighted by atomic mass is 16.5. The Morgan fingerprint density at radius 3 is 2.30 bits per heavy atom. The standard InChI is InChI=1S/C30H30N4O3/c1-34-19-18-31-30(34)29(21-10-14-23(37-3)15-11-21)33-27(35)17-16-25-24-6-4-5-7-26(24)32-28(25)20-8-12-22(36-2)13-9-20/h4-15,18-19,29,32H,16-17H2,1-3H3,(H,33,35). The molecule has 5 aromatic rings.